The van der Waals surface area contributed by atoms with Gasteiger partial charge in [0.2, 0.25) is 0 Å². The van der Waals surface area contributed by atoms with Gasteiger partial charge in [0.25, 0.3) is 0 Å². The van der Waals surface area contributed by atoms with E-state index >= 15 is 4.39 Å². The molecule has 0 amide bonds. The molecule has 0 saturated carbocycles. The van der Waals surface area contributed by atoms with Gasteiger partial charge in [0.05, 0.1) is 35.6 Å². The maximum atomic E-state index is 15.1. The second kappa shape index (κ2) is 10.2. The van der Waals surface area contributed by atoms with Gasteiger partial charge >= 0.3 is 6.02 Å². The summed E-state index contributed by atoms with van der Waals surface area (Å²) in [5, 5.41) is 0.531. The summed E-state index contributed by atoms with van der Waals surface area (Å²) in [5.41, 5.74) is 9.22. The van der Waals surface area contributed by atoms with Gasteiger partial charge in [-0.2, -0.15) is 4.39 Å². The minimum atomic E-state index is -0.755. The molecule has 4 aromatic rings. The number of pyridine rings is 2. The largest absolute Gasteiger partial charge is 0.493 e. The predicted octanol–water partition coefficient (Wildman–Crippen LogP) is 4.16. The average Bonchev–Trinajstić information content (AvgIpc) is 3.21. The number of hydrogen-bond donors (Lipinski definition) is 1. The minimum Gasteiger partial charge on any atom is -0.493 e. The van der Waals surface area contributed by atoms with E-state index in [1.807, 2.05) is 19.9 Å². The van der Waals surface area contributed by atoms with Gasteiger partial charge in [0.1, 0.15) is 23.5 Å². The molecule has 0 unspecified atom stereocenters. The molecule has 10 nitrogen and oxygen atoms in total. The Hall–Kier alpha value is -5.11. The first-order valence-corrected chi connectivity index (χ1v) is 10.9. The molecule has 11 heteroatoms. The van der Waals surface area contributed by atoms with Gasteiger partial charge in [0.15, 0.2) is 17.3 Å². The number of terminal acetylenes is 1. The topological polar surface area (TPSA) is 126 Å². The van der Waals surface area contributed by atoms with Gasteiger partial charge in [-0.15, -0.1) is 6.42 Å². The zero-order chi connectivity index (χ0) is 26.7. The number of aromatic nitrogens is 5. The van der Waals surface area contributed by atoms with Crippen molar-refractivity contribution in [2.45, 2.75) is 13.8 Å². The fourth-order valence-electron chi connectivity index (χ4n) is 3.78. The van der Waals surface area contributed by atoms with Gasteiger partial charge in [-0.3, -0.25) is 4.98 Å². The summed E-state index contributed by atoms with van der Waals surface area (Å²) in [6.45, 7) is 7.16. The lowest BCUT2D eigenvalue weighted by atomic mass is 10.0. The quantitative estimate of drug-likeness (QED) is 0.249. The highest BCUT2D eigenvalue weighted by molar-refractivity contribution is 6.07. The van der Waals surface area contributed by atoms with Crippen molar-refractivity contribution in [3.63, 3.8) is 0 Å². The van der Waals surface area contributed by atoms with E-state index in [0.717, 1.165) is 0 Å². The highest BCUT2D eigenvalue weighted by atomic mass is 19.1. The van der Waals surface area contributed by atoms with Crippen molar-refractivity contribution < 1.29 is 13.9 Å². The van der Waals surface area contributed by atoms with E-state index in [9.17, 15) is 0 Å². The number of allylic oxidation sites excluding steroid dienone is 2. The Labute approximate surface area is 212 Å². The van der Waals surface area contributed by atoms with Crippen molar-refractivity contribution in [3.05, 3.63) is 54.1 Å². The highest BCUT2D eigenvalue weighted by Crippen LogP contribution is 2.44. The first-order valence-electron chi connectivity index (χ1n) is 10.9. The van der Waals surface area contributed by atoms with Crippen LogP contribution in [0.2, 0.25) is 0 Å². The van der Waals surface area contributed by atoms with Crippen molar-refractivity contribution in [3.8, 4) is 46.4 Å². The van der Waals surface area contributed by atoms with Crippen LogP contribution in [0.5, 0.6) is 11.5 Å². The third-order valence-electron chi connectivity index (χ3n) is 5.59. The van der Waals surface area contributed by atoms with E-state index in [1.165, 1.54) is 25.8 Å². The molecule has 4 aromatic heterocycles. The van der Waals surface area contributed by atoms with Gasteiger partial charge in [0, 0.05) is 24.5 Å². The summed E-state index contributed by atoms with van der Waals surface area (Å²) in [6.07, 6.45) is 11.5. The zero-order valence-electron chi connectivity index (χ0n) is 20.7. The summed E-state index contributed by atoms with van der Waals surface area (Å²) in [5.74, 6) is 2.00. The van der Waals surface area contributed by atoms with Crippen LogP contribution in [0.3, 0.4) is 0 Å². The zero-order valence-corrected chi connectivity index (χ0v) is 20.7. The molecule has 37 heavy (non-hydrogen) atoms. The summed E-state index contributed by atoms with van der Waals surface area (Å²) in [6, 6.07) is 3.48. The Morgan fingerprint density at radius 1 is 1.24 bits per heavy atom. The maximum absolute atomic E-state index is 15.1. The van der Waals surface area contributed by atoms with Gasteiger partial charge in [-0.05, 0) is 38.6 Å². The minimum absolute atomic E-state index is 0.0705. The summed E-state index contributed by atoms with van der Waals surface area (Å²) in [7, 11) is 3.12. The number of nitrogen functional groups attached to an aromatic ring is 1. The Kier molecular flexibility index (Phi) is 6.92. The van der Waals surface area contributed by atoms with Crippen LogP contribution in [0.25, 0.3) is 33.5 Å². The first kappa shape index (κ1) is 25.0. The monoisotopic (exact) mass is 498 g/mol. The lowest BCUT2D eigenvalue weighted by Crippen LogP contribution is -2.05. The second-order valence-electron chi connectivity index (χ2n) is 7.72. The molecule has 0 atom stereocenters. The predicted molar refractivity (Wildman–Crippen MR) is 141 cm³/mol. The molecular weight excluding hydrogens is 475 g/mol. The number of nitrogens with zero attached hydrogens (tertiary/aromatic N) is 7. The number of aliphatic imine (C=N–C) groups is 2. The number of nitrogens with two attached hydrogens (primary N) is 1. The average molecular weight is 499 g/mol. The summed E-state index contributed by atoms with van der Waals surface area (Å²) < 4.78 is 27.9. The molecule has 2 N–H and O–H groups in total. The Balaban J connectivity index is 1.93. The fourth-order valence-corrected chi connectivity index (χ4v) is 3.78. The molecule has 0 saturated heterocycles. The van der Waals surface area contributed by atoms with E-state index in [-0.39, 0.29) is 23.3 Å². The van der Waals surface area contributed by atoms with Crippen LogP contribution in [0.1, 0.15) is 19.5 Å². The number of aryl methyl sites for hydroxylation is 1. The lowest BCUT2D eigenvalue weighted by molar-refractivity contribution is 0.386. The number of ether oxygens (including phenoxy) is 2. The number of anilines is 1. The molecule has 4 heterocycles. The molecule has 0 bridgehead atoms. The van der Waals surface area contributed by atoms with E-state index in [1.54, 1.807) is 23.7 Å². The fraction of sp³-hybridized carbons (Fsp3) is 0.154. The normalized spacial score (nSPS) is 11.9. The van der Waals surface area contributed by atoms with Gasteiger partial charge in [-0.25, -0.2) is 24.9 Å². The first-order chi connectivity index (χ1) is 17.8. The highest BCUT2D eigenvalue weighted by Gasteiger charge is 2.27. The summed E-state index contributed by atoms with van der Waals surface area (Å²) >= 11 is 0. The third-order valence-corrected chi connectivity index (χ3v) is 5.59. The molecule has 0 aromatic carbocycles. The smallest absolute Gasteiger partial charge is 0.321 e. The molecule has 0 spiro atoms. The van der Waals surface area contributed by atoms with E-state index in [4.69, 9.17) is 21.6 Å². The van der Waals surface area contributed by atoms with E-state index in [0.29, 0.717) is 45.0 Å². The SMILES string of the molecule is C#Cc1ncc(-c2c(-c3ccc(OC(N=C)=N/C(C)=C\C)cn3)c3c(N)ncnc3n2C)c(OC)c1F. The van der Waals surface area contributed by atoms with Crippen LogP contribution in [-0.2, 0) is 7.05 Å². The number of hydrogen-bond acceptors (Lipinski definition) is 8. The molecular formula is C26H23FN8O2. The van der Waals surface area contributed by atoms with Crippen molar-refractivity contribution in [2.75, 3.05) is 12.8 Å². The van der Waals surface area contributed by atoms with Gasteiger partial charge < -0.3 is 19.8 Å². The van der Waals surface area contributed by atoms with Crippen molar-refractivity contribution in [1.82, 2.24) is 24.5 Å². The van der Waals surface area contributed by atoms with Crippen molar-refractivity contribution in [1.29, 1.82) is 0 Å². The molecule has 0 radical (unpaired) electrons. The Morgan fingerprint density at radius 2 is 2.03 bits per heavy atom. The molecule has 186 valence electrons. The number of methoxy groups -OCH3 is 1. The van der Waals surface area contributed by atoms with Crippen molar-refractivity contribution in [2.24, 2.45) is 17.0 Å². The Morgan fingerprint density at radius 3 is 2.65 bits per heavy atom. The van der Waals surface area contributed by atoms with Crippen LogP contribution < -0.4 is 15.2 Å². The number of halogens is 1. The van der Waals surface area contributed by atoms with E-state index < -0.39 is 5.82 Å². The standard InChI is InChI=1S/C26H23FN8O2/c1-7-14(3)34-26(29-4)37-15-9-10-18(30-11-15)19-20-24(28)32-13-33-25(20)35(5)22(19)16-12-31-17(8-2)21(27)23(16)36-6/h2,7,9-13H,4H2,1,3,5-6H3,(H2,28,32,33)/b14-7-,34-26?. The number of fused-ring (bicyclic) bond motifs is 1. The van der Waals surface area contributed by atoms with Crippen molar-refractivity contribution >= 4 is 29.6 Å². The van der Waals surface area contributed by atoms with Crippen LogP contribution in [0, 0.1) is 18.2 Å². The summed E-state index contributed by atoms with van der Waals surface area (Å²) in [4.78, 5) is 25.2. The van der Waals surface area contributed by atoms with Crippen LogP contribution in [-0.4, -0.2) is 44.4 Å². The van der Waals surface area contributed by atoms with E-state index in [2.05, 4.69) is 42.6 Å². The third kappa shape index (κ3) is 4.48. The number of rotatable bonds is 5. The van der Waals surface area contributed by atoms with Crippen LogP contribution in [0.4, 0.5) is 10.2 Å². The molecule has 4 rings (SSSR count). The lowest BCUT2D eigenvalue weighted by Gasteiger charge is -2.13. The molecule has 0 aliphatic rings. The Bertz CT molecular complexity index is 1610. The number of amidine groups is 1. The van der Waals surface area contributed by atoms with Gasteiger partial charge in [-0.1, -0.05) is 6.08 Å². The van der Waals surface area contributed by atoms with Crippen LogP contribution in [0.15, 0.2) is 52.6 Å². The molecule has 0 aliphatic heterocycles. The molecule has 0 fully saturated rings. The second-order valence-corrected chi connectivity index (χ2v) is 7.72. The van der Waals surface area contributed by atoms with Crippen LogP contribution >= 0.6 is 0 Å². The molecule has 0 aliphatic carbocycles. The maximum Gasteiger partial charge on any atom is 0.321 e.